The molecule has 1 aromatic rings. The molecular weight excluding hydrogens is 339 g/mol. The molecule has 3 heteroatoms. The molecule has 12 heavy (non-hydrogen) atoms. The fourth-order valence-electron chi connectivity index (χ4n) is 0.829. The van der Waals surface area contributed by atoms with Crippen LogP contribution in [0.4, 0.5) is 0 Å². The summed E-state index contributed by atoms with van der Waals surface area (Å²) in [5, 5.41) is 0. The maximum absolute atomic E-state index is 3.81. The minimum atomic E-state index is -1.77. The Balaban J connectivity index is 2.44. The molecule has 0 fully saturated rings. The Bertz CT molecular complexity index is 230. The zero-order valence-corrected chi connectivity index (χ0v) is 12.6. The van der Waals surface area contributed by atoms with Gasteiger partial charge in [-0.2, -0.15) is 0 Å². The second-order valence-corrected chi connectivity index (χ2v) is 37.6. The van der Waals surface area contributed by atoms with Crippen LogP contribution in [0.1, 0.15) is 5.56 Å². The van der Waals surface area contributed by atoms with Gasteiger partial charge in [-0.05, 0) is 0 Å². The normalized spacial score (nSPS) is 11.6. The molecule has 0 bridgehead atoms. The van der Waals surface area contributed by atoms with E-state index in [1.54, 1.807) is 0 Å². The van der Waals surface area contributed by atoms with Gasteiger partial charge in [-0.1, -0.05) is 0 Å². The second-order valence-electron chi connectivity index (χ2n) is 3.14. The molecule has 0 nitrogen and oxygen atoms in total. The minimum absolute atomic E-state index is 1.16. The SMILES string of the molecule is [CH3][Sn]([CH3])([Br])[S]Cc1ccccc1. The number of hydrogen-bond acceptors (Lipinski definition) is 1. The summed E-state index contributed by atoms with van der Waals surface area (Å²) in [4.78, 5) is 4.75. The van der Waals surface area contributed by atoms with E-state index in [1.807, 2.05) is 0 Å². The standard InChI is InChI=1S/C7H8S.2CH3.BrH.Sn/c8-6-7-4-2-1-3-5-7;;;;/h1-5,8H,6H2;2*1H3;1H;/q;;;;+2/p-2. The molecule has 0 aliphatic rings. The van der Waals surface area contributed by atoms with Crippen molar-refractivity contribution in [1.29, 1.82) is 0 Å². The first-order valence-electron chi connectivity index (χ1n) is 3.95. The van der Waals surface area contributed by atoms with Gasteiger partial charge in [0.2, 0.25) is 0 Å². The molecular formula is C9H13BrSSn. The third kappa shape index (κ3) is 4.77. The molecule has 0 N–H and O–H groups in total. The summed E-state index contributed by atoms with van der Waals surface area (Å²) >= 11 is 2.04. The summed E-state index contributed by atoms with van der Waals surface area (Å²) in [6.45, 7) is 0. The van der Waals surface area contributed by atoms with Gasteiger partial charge >= 0.3 is 88.0 Å². The van der Waals surface area contributed by atoms with Gasteiger partial charge < -0.3 is 0 Å². The van der Waals surface area contributed by atoms with Crippen molar-refractivity contribution in [2.24, 2.45) is 0 Å². The molecule has 0 saturated carbocycles. The monoisotopic (exact) mass is 352 g/mol. The van der Waals surface area contributed by atoms with E-state index in [1.165, 1.54) is 5.56 Å². The first-order valence-corrected chi connectivity index (χ1v) is 20.5. The van der Waals surface area contributed by atoms with Crippen molar-refractivity contribution >= 4 is 36.4 Å². The number of hydrogen-bond donors (Lipinski definition) is 0. The molecule has 0 heterocycles. The van der Waals surface area contributed by atoms with Gasteiger partial charge in [0, 0.05) is 0 Å². The van der Waals surface area contributed by atoms with Crippen LogP contribution in [0.2, 0.25) is 9.88 Å². The van der Waals surface area contributed by atoms with Gasteiger partial charge in [-0.3, -0.25) is 0 Å². The van der Waals surface area contributed by atoms with Crippen LogP contribution in [0.15, 0.2) is 30.3 Å². The van der Waals surface area contributed by atoms with Gasteiger partial charge in [0.1, 0.15) is 0 Å². The molecule has 0 spiro atoms. The summed E-state index contributed by atoms with van der Waals surface area (Å²) < 4.78 is 0. The van der Waals surface area contributed by atoms with Crippen molar-refractivity contribution in [2.75, 3.05) is 0 Å². The molecule has 1 rings (SSSR count). The first kappa shape index (κ1) is 10.9. The molecule has 0 saturated heterocycles. The van der Waals surface area contributed by atoms with E-state index >= 15 is 0 Å². The Labute approximate surface area is 87.2 Å². The van der Waals surface area contributed by atoms with Crippen molar-refractivity contribution in [3.63, 3.8) is 0 Å². The van der Waals surface area contributed by atoms with E-state index in [2.05, 4.69) is 61.9 Å². The van der Waals surface area contributed by atoms with E-state index in [0.29, 0.717) is 0 Å². The van der Waals surface area contributed by atoms with E-state index in [-0.39, 0.29) is 0 Å². The van der Waals surface area contributed by atoms with Gasteiger partial charge in [0.25, 0.3) is 0 Å². The summed E-state index contributed by atoms with van der Waals surface area (Å²) in [5.41, 5.74) is 1.44. The van der Waals surface area contributed by atoms with Gasteiger partial charge in [-0.25, -0.2) is 0 Å². The quantitative estimate of drug-likeness (QED) is 0.741. The zero-order chi connectivity index (χ0) is 9.03. The van der Waals surface area contributed by atoms with Crippen LogP contribution in [0.5, 0.6) is 0 Å². The fourth-order valence-corrected chi connectivity index (χ4v) is 8.20. The van der Waals surface area contributed by atoms with Gasteiger partial charge in [0.15, 0.2) is 0 Å². The summed E-state index contributed by atoms with van der Waals surface area (Å²) in [6.07, 6.45) is 0. The van der Waals surface area contributed by atoms with Crippen LogP contribution < -0.4 is 0 Å². The number of rotatable bonds is 3. The molecule has 66 valence electrons. The molecule has 1 aromatic carbocycles. The predicted octanol–water partition coefficient (Wildman–Crippen LogP) is 4.02. The molecule has 0 aromatic heterocycles. The maximum atomic E-state index is 3.81. The van der Waals surface area contributed by atoms with Crippen LogP contribution in [0.3, 0.4) is 0 Å². The fraction of sp³-hybridized carbons (Fsp3) is 0.333. The van der Waals surface area contributed by atoms with Crippen molar-refractivity contribution in [3.8, 4) is 0 Å². The van der Waals surface area contributed by atoms with Gasteiger partial charge in [0.05, 0.1) is 0 Å². The van der Waals surface area contributed by atoms with E-state index < -0.39 is 14.8 Å². The average Bonchev–Trinajstić information content (AvgIpc) is 2.02. The second kappa shape index (κ2) is 4.91. The summed E-state index contributed by atoms with van der Waals surface area (Å²) in [6, 6.07) is 10.7. The van der Waals surface area contributed by atoms with Gasteiger partial charge in [-0.15, -0.1) is 0 Å². The number of halogens is 1. The van der Waals surface area contributed by atoms with E-state index in [0.717, 1.165) is 5.75 Å². The van der Waals surface area contributed by atoms with Crippen molar-refractivity contribution in [3.05, 3.63) is 35.9 Å². The van der Waals surface area contributed by atoms with Crippen molar-refractivity contribution < 1.29 is 0 Å². The van der Waals surface area contributed by atoms with Crippen molar-refractivity contribution in [1.82, 2.24) is 0 Å². The Hall–Kier alpha value is 0.849. The Morgan fingerprint density at radius 1 is 1.25 bits per heavy atom. The van der Waals surface area contributed by atoms with E-state index in [9.17, 15) is 0 Å². The first-order chi connectivity index (χ1) is 5.58. The van der Waals surface area contributed by atoms with Crippen LogP contribution in [-0.2, 0) is 5.75 Å². The topological polar surface area (TPSA) is 0 Å². The number of benzene rings is 1. The predicted molar refractivity (Wildman–Crippen MR) is 64.1 cm³/mol. The average molecular weight is 352 g/mol. The summed E-state index contributed by atoms with van der Waals surface area (Å²) in [5.74, 6) is 1.16. The van der Waals surface area contributed by atoms with Crippen LogP contribution >= 0.6 is 21.7 Å². The Morgan fingerprint density at radius 2 is 1.83 bits per heavy atom. The van der Waals surface area contributed by atoms with Crippen LogP contribution in [0, 0.1) is 0 Å². The third-order valence-corrected chi connectivity index (χ3v) is 14.3. The molecule has 0 aliphatic carbocycles. The molecule has 0 unspecified atom stereocenters. The van der Waals surface area contributed by atoms with Crippen LogP contribution in [0.25, 0.3) is 0 Å². The van der Waals surface area contributed by atoms with E-state index in [4.69, 9.17) is 0 Å². The Kier molecular flexibility index (Phi) is 4.47. The molecule has 0 radical (unpaired) electrons. The molecule has 0 amide bonds. The van der Waals surface area contributed by atoms with Crippen LogP contribution in [-0.4, -0.2) is 14.8 Å². The summed E-state index contributed by atoms with van der Waals surface area (Å²) in [7, 11) is 2.11. The molecule has 0 atom stereocenters. The third-order valence-electron chi connectivity index (χ3n) is 1.42. The molecule has 0 aliphatic heterocycles. The Morgan fingerprint density at radius 3 is 2.33 bits per heavy atom. The van der Waals surface area contributed by atoms with Crippen molar-refractivity contribution in [2.45, 2.75) is 15.6 Å². The zero-order valence-electron chi connectivity index (χ0n) is 7.38.